The highest BCUT2D eigenvalue weighted by molar-refractivity contribution is 5.82. The second-order valence-electron chi connectivity index (χ2n) is 7.38. The highest BCUT2D eigenvalue weighted by atomic mass is 16.4. The van der Waals surface area contributed by atoms with E-state index in [0.29, 0.717) is 31.9 Å². The molecule has 1 aliphatic heterocycles. The smallest absolute Gasteiger partial charge is 0.239 e. The van der Waals surface area contributed by atoms with Crippen molar-refractivity contribution in [2.45, 2.75) is 19.0 Å². The lowest BCUT2D eigenvalue weighted by Gasteiger charge is -2.35. The molecule has 3 aromatic rings. The van der Waals surface area contributed by atoms with E-state index in [1.54, 1.807) is 6.20 Å². The average Bonchev–Trinajstić information content (AvgIpc) is 3.23. The van der Waals surface area contributed by atoms with Gasteiger partial charge in [-0.25, -0.2) is 4.98 Å². The van der Waals surface area contributed by atoms with Crippen molar-refractivity contribution in [1.82, 2.24) is 14.8 Å². The number of benzene rings is 2. The molecule has 6 nitrogen and oxygen atoms in total. The standard InChI is InChI=1S/C23H26N4O2/c24-20(15-18-7-3-1-4-8-18)23(28)27-13-11-26(12-14-27)17-22-25-16-21(29-22)19-9-5-2-6-10-19/h1-10,16,20H,11-15,17,24H2. The number of oxazole rings is 1. The zero-order valence-electron chi connectivity index (χ0n) is 16.4. The molecule has 150 valence electrons. The van der Waals surface area contributed by atoms with Gasteiger partial charge in [0.1, 0.15) is 0 Å². The van der Waals surface area contributed by atoms with Gasteiger partial charge in [0.05, 0.1) is 18.8 Å². The lowest BCUT2D eigenvalue weighted by molar-refractivity contribution is -0.134. The third-order valence-electron chi connectivity index (χ3n) is 5.27. The number of carbonyl (C=O) groups excluding carboxylic acids is 1. The third kappa shape index (κ3) is 4.91. The van der Waals surface area contributed by atoms with Crippen molar-refractivity contribution in [1.29, 1.82) is 0 Å². The molecule has 1 amide bonds. The Labute approximate surface area is 170 Å². The van der Waals surface area contributed by atoms with Crippen LogP contribution in [0.25, 0.3) is 11.3 Å². The van der Waals surface area contributed by atoms with E-state index in [2.05, 4.69) is 9.88 Å². The summed E-state index contributed by atoms with van der Waals surface area (Å²) < 4.78 is 5.90. The molecule has 1 aromatic heterocycles. The summed E-state index contributed by atoms with van der Waals surface area (Å²) in [6, 6.07) is 19.4. The van der Waals surface area contributed by atoms with E-state index in [4.69, 9.17) is 10.2 Å². The summed E-state index contributed by atoms with van der Waals surface area (Å²) >= 11 is 0. The van der Waals surface area contributed by atoms with Gasteiger partial charge in [0.15, 0.2) is 5.76 Å². The summed E-state index contributed by atoms with van der Waals surface area (Å²) in [4.78, 5) is 21.2. The molecular formula is C23H26N4O2. The summed E-state index contributed by atoms with van der Waals surface area (Å²) in [6.07, 6.45) is 2.34. The van der Waals surface area contributed by atoms with Crippen LogP contribution in [0.3, 0.4) is 0 Å². The SMILES string of the molecule is NC(Cc1ccccc1)C(=O)N1CCN(Cc2ncc(-c3ccccc3)o2)CC1. The number of hydrogen-bond donors (Lipinski definition) is 1. The maximum atomic E-state index is 12.7. The lowest BCUT2D eigenvalue weighted by atomic mass is 10.1. The normalized spacial score (nSPS) is 16.0. The number of amides is 1. The second kappa shape index (κ2) is 9.03. The molecule has 0 radical (unpaired) electrons. The summed E-state index contributed by atoms with van der Waals surface area (Å²) in [5, 5.41) is 0. The van der Waals surface area contributed by atoms with Crippen LogP contribution in [-0.4, -0.2) is 52.9 Å². The van der Waals surface area contributed by atoms with Crippen molar-refractivity contribution in [3.05, 3.63) is 78.3 Å². The average molecular weight is 390 g/mol. The predicted molar refractivity (Wildman–Crippen MR) is 112 cm³/mol. The Morgan fingerprint density at radius 3 is 2.34 bits per heavy atom. The van der Waals surface area contributed by atoms with Gasteiger partial charge in [0.2, 0.25) is 11.8 Å². The van der Waals surface area contributed by atoms with Gasteiger partial charge in [-0.15, -0.1) is 0 Å². The Kier molecular flexibility index (Phi) is 6.03. The number of carbonyl (C=O) groups is 1. The molecule has 2 N–H and O–H groups in total. The van der Waals surface area contributed by atoms with Crippen LogP contribution in [0.1, 0.15) is 11.5 Å². The zero-order chi connectivity index (χ0) is 20.1. The first kappa shape index (κ1) is 19.4. The Hall–Kier alpha value is -2.96. The first-order valence-corrected chi connectivity index (χ1v) is 10.00. The van der Waals surface area contributed by atoms with E-state index in [0.717, 1.165) is 30.0 Å². The maximum Gasteiger partial charge on any atom is 0.239 e. The van der Waals surface area contributed by atoms with Gasteiger partial charge in [-0.1, -0.05) is 60.7 Å². The Morgan fingerprint density at radius 2 is 1.66 bits per heavy atom. The van der Waals surface area contributed by atoms with Crippen LogP contribution in [0.2, 0.25) is 0 Å². The largest absolute Gasteiger partial charge is 0.439 e. The van der Waals surface area contributed by atoms with Gasteiger partial charge < -0.3 is 15.1 Å². The van der Waals surface area contributed by atoms with E-state index in [1.165, 1.54) is 0 Å². The fourth-order valence-corrected chi connectivity index (χ4v) is 3.63. The molecule has 0 saturated carbocycles. The van der Waals surface area contributed by atoms with Crippen molar-refractivity contribution >= 4 is 5.91 Å². The molecular weight excluding hydrogens is 364 g/mol. The Balaban J connectivity index is 1.27. The Bertz CT molecular complexity index is 918. The van der Waals surface area contributed by atoms with Crippen LogP contribution in [-0.2, 0) is 17.8 Å². The Morgan fingerprint density at radius 1 is 1.00 bits per heavy atom. The van der Waals surface area contributed by atoms with Crippen molar-refractivity contribution in [2.24, 2.45) is 5.73 Å². The topological polar surface area (TPSA) is 75.6 Å². The van der Waals surface area contributed by atoms with Crippen molar-refractivity contribution in [3.63, 3.8) is 0 Å². The highest BCUT2D eigenvalue weighted by Crippen LogP contribution is 2.20. The maximum absolute atomic E-state index is 12.7. The van der Waals surface area contributed by atoms with Gasteiger partial charge in [-0.05, 0) is 12.0 Å². The molecule has 1 fully saturated rings. The molecule has 1 aliphatic rings. The number of rotatable bonds is 6. The van der Waals surface area contributed by atoms with Crippen LogP contribution < -0.4 is 5.73 Å². The quantitative estimate of drug-likeness (QED) is 0.700. The van der Waals surface area contributed by atoms with Crippen molar-refractivity contribution in [2.75, 3.05) is 26.2 Å². The molecule has 1 unspecified atom stereocenters. The lowest BCUT2D eigenvalue weighted by Crippen LogP contribution is -2.53. The molecule has 1 saturated heterocycles. The molecule has 2 heterocycles. The van der Waals surface area contributed by atoms with E-state index in [9.17, 15) is 4.79 Å². The van der Waals surface area contributed by atoms with Gasteiger partial charge in [0, 0.05) is 31.7 Å². The minimum atomic E-state index is -0.496. The van der Waals surface area contributed by atoms with Gasteiger partial charge >= 0.3 is 0 Å². The van der Waals surface area contributed by atoms with Gasteiger partial charge in [0.25, 0.3) is 0 Å². The van der Waals surface area contributed by atoms with E-state index in [1.807, 2.05) is 65.6 Å². The minimum Gasteiger partial charge on any atom is -0.439 e. The van der Waals surface area contributed by atoms with Crippen LogP contribution >= 0.6 is 0 Å². The zero-order valence-corrected chi connectivity index (χ0v) is 16.4. The summed E-state index contributed by atoms with van der Waals surface area (Å²) in [5.41, 5.74) is 8.28. The first-order valence-electron chi connectivity index (χ1n) is 10.00. The highest BCUT2D eigenvalue weighted by Gasteiger charge is 2.26. The van der Waals surface area contributed by atoms with Gasteiger partial charge in [-0.2, -0.15) is 0 Å². The van der Waals surface area contributed by atoms with E-state index in [-0.39, 0.29) is 5.91 Å². The first-order chi connectivity index (χ1) is 14.2. The van der Waals surface area contributed by atoms with Gasteiger partial charge in [-0.3, -0.25) is 9.69 Å². The second-order valence-corrected chi connectivity index (χ2v) is 7.38. The minimum absolute atomic E-state index is 0.0241. The molecule has 2 aromatic carbocycles. The van der Waals surface area contributed by atoms with Crippen molar-refractivity contribution < 1.29 is 9.21 Å². The van der Waals surface area contributed by atoms with Crippen LogP contribution in [0, 0.1) is 0 Å². The molecule has 6 heteroatoms. The summed E-state index contributed by atoms with van der Waals surface area (Å²) in [6.45, 7) is 3.56. The molecule has 0 bridgehead atoms. The summed E-state index contributed by atoms with van der Waals surface area (Å²) in [7, 11) is 0. The van der Waals surface area contributed by atoms with Crippen LogP contribution in [0.5, 0.6) is 0 Å². The molecule has 29 heavy (non-hydrogen) atoms. The molecule has 0 aliphatic carbocycles. The monoisotopic (exact) mass is 390 g/mol. The van der Waals surface area contributed by atoms with Crippen molar-refractivity contribution in [3.8, 4) is 11.3 Å². The number of aromatic nitrogens is 1. The third-order valence-corrected chi connectivity index (χ3v) is 5.27. The molecule has 1 atom stereocenters. The number of nitrogens with zero attached hydrogens (tertiary/aromatic N) is 3. The predicted octanol–water partition coefficient (Wildman–Crippen LogP) is 2.56. The summed E-state index contributed by atoms with van der Waals surface area (Å²) in [5.74, 6) is 1.50. The van der Waals surface area contributed by atoms with Crippen LogP contribution in [0.4, 0.5) is 0 Å². The molecule has 0 spiro atoms. The fraction of sp³-hybridized carbons (Fsp3) is 0.304. The van der Waals surface area contributed by atoms with E-state index < -0.39 is 6.04 Å². The molecule has 4 rings (SSSR count). The number of hydrogen-bond acceptors (Lipinski definition) is 5. The van der Waals surface area contributed by atoms with Crippen LogP contribution in [0.15, 0.2) is 71.3 Å². The van der Waals surface area contributed by atoms with E-state index >= 15 is 0 Å². The number of nitrogens with two attached hydrogens (primary N) is 1. The fourth-order valence-electron chi connectivity index (χ4n) is 3.63. The number of piperazine rings is 1.